The molecule has 0 aliphatic carbocycles. The van der Waals surface area contributed by atoms with Crippen LogP contribution in [0.2, 0.25) is 5.02 Å². The first-order chi connectivity index (χ1) is 11.6. The summed E-state index contributed by atoms with van der Waals surface area (Å²) in [5, 5.41) is 0.559. The third-order valence-electron chi connectivity index (χ3n) is 3.71. The van der Waals surface area contributed by atoms with Crippen LogP contribution in [0, 0.1) is 0 Å². The number of benzene rings is 2. The molecule has 0 atom stereocenters. The van der Waals surface area contributed by atoms with Crippen molar-refractivity contribution in [2.24, 2.45) is 0 Å². The minimum atomic E-state index is -0.616. The summed E-state index contributed by atoms with van der Waals surface area (Å²) in [5.41, 5.74) is 0.161. The van der Waals surface area contributed by atoms with Crippen molar-refractivity contribution in [3.63, 3.8) is 0 Å². The van der Waals surface area contributed by atoms with Crippen molar-refractivity contribution < 1.29 is 4.74 Å². The van der Waals surface area contributed by atoms with Gasteiger partial charge in [-0.1, -0.05) is 29.8 Å². The lowest BCUT2D eigenvalue weighted by Gasteiger charge is -2.10. The average Bonchev–Trinajstić information content (AvgIpc) is 2.61. The molecule has 0 fully saturated rings. The van der Waals surface area contributed by atoms with Gasteiger partial charge in [-0.15, -0.1) is 0 Å². The number of rotatable bonds is 4. The molecule has 0 radical (unpaired) electrons. The Bertz CT molecular complexity index is 975. The quantitative estimate of drug-likeness (QED) is 0.685. The zero-order valence-electron chi connectivity index (χ0n) is 13.0. The van der Waals surface area contributed by atoms with E-state index in [1.54, 1.807) is 49.8 Å². The number of ether oxygens (including phenoxy) is 1. The molecule has 5 nitrogen and oxygen atoms in total. The van der Waals surface area contributed by atoms with Crippen molar-refractivity contribution in [1.82, 2.24) is 9.13 Å². The van der Waals surface area contributed by atoms with E-state index in [-0.39, 0.29) is 6.54 Å². The van der Waals surface area contributed by atoms with Gasteiger partial charge in [0.1, 0.15) is 5.75 Å². The Hall–Kier alpha value is -2.79. The zero-order valence-corrected chi connectivity index (χ0v) is 13.7. The lowest BCUT2D eigenvalue weighted by molar-refractivity contribution is 0.414. The molecular formula is C18H15ClN2O3. The van der Waals surface area contributed by atoms with E-state index in [1.165, 1.54) is 9.13 Å². The second-order valence-corrected chi connectivity index (χ2v) is 5.60. The van der Waals surface area contributed by atoms with E-state index >= 15 is 0 Å². The fourth-order valence-electron chi connectivity index (χ4n) is 2.39. The Balaban J connectivity index is 1.98. The monoisotopic (exact) mass is 342 g/mol. The van der Waals surface area contributed by atoms with Gasteiger partial charge in [-0.3, -0.25) is 14.2 Å². The van der Waals surface area contributed by atoms with Crippen molar-refractivity contribution in [2.45, 2.75) is 6.54 Å². The van der Waals surface area contributed by atoms with Gasteiger partial charge in [0.15, 0.2) is 0 Å². The molecule has 0 N–H and O–H groups in total. The molecule has 0 saturated heterocycles. The molecule has 0 saturated carbocycles. The van der Waals surface area contributed by atoms with Gasteiger partial charge < -0.3 is 9.30 Å². The van der Waals surface area contributed by atoms with E-state index in [4.69, 9.17) is 16.3 Å². The highest BCUT2D eigenvalue weighted by Gasteiger charge is 2.08. The van der Waals surface area contributed by atoms with E-state index in [0.717, 1.165) is 5.56 Å². The molecule has 0 aliphatic rings. The number of halogens is 1. The number of aromatic nitrogens is 2. The molecule has 0 bridgehead atoms. The Morgan fingerprint density at radius 2 is 1.67 bits per heavy atom. The van der Waals surface area contributed by atoms with E-state index in [1.807, 2.05) is 18.2 Å². The summed E-state index contributed by atoms with van der Waals surface area (Å²) in [6.45, 7) is 0.247. The van der Waals surface area contributed by atoms with Crippen LogP contribution in [0.15, 0.2) is 70.5 Å². The molecule has 1 aromatic heterocycles. The lowest BCUT2D eigenvalue weighted by atomic mass is 10.2. The SMILES string of the molecule is COc1ccc(-n2ccn(Cc3ccccc3Cl)c(=O)c2=O)cc1. The maximum atomic E-state index is 12.4. The van der Waals surface area contributed by atoms with Gasteiger partial charge in [-0.25, -0.2) is 0 Å². The van der Waals surface area contributed by atoms with Crippen LogP contribution >= 0.6 is 11.6 Å². The number of methoxy groups -OCH3 is 1. The van der Waals surface area contributed by atoms with Crippen molar-refractivity contribution in [2.75, 3.05) is 7.11 Å². The van der Waals surface area contributed by atoms with Crippen LogP contribution < -0.4 is 15.9 Å². The summed E-state index contributed by atoms with van der Waals surface area (Å²) in [5.74, 6) is 0.680. The van der Waals surface area contributed by atoms with Crippen LogP contribution in [0.5, 0.6) is 5.75 Å². The smallest absolute Gasteiger partial charge is 0.320 e. The van der Waals surface area contributed by atoms with Crippen LogP contribution in [-0.4, -0.2) is 16.2 Å². The molecule has 1 heterocycles. The molecule has 6 heteroatoms. The zero-order chi connectivity index (χ0) is 17.1. The van der Waals surface area contributed by atoms with Crippen molar-refractivity contribution in [3.05, 3.63) is 92.2 Å². The van der Waals surface area contributed by atoms with Crippen LogP contribution in [0.25, 0.3) is 5.69 Å². The fourth-order valence-corrected chi connectivity index (χ4v) is 2.58. The summed E-state index contributed by atoms with van der Waals surface area (Å²) in [6, 6.07) is 14.1. The molecule has 2 aromatic carbocycles. The standard InChI is InChI=1S/C18H15ClN2O3/c1-24-15-8-6-14(7-9-15)21-11-10-20(17(22)18(21)23)12-13-4-2-3-5-16(13)19/h2-11H,12H2,1H3. The Morgan fingerprint density at radius 3 is 2.33 bits per heavy atom. The summed E-state index contributed by atoms with van der Waals surface area (Å²) in [6.07, 6.45) is 3.15. The third kappa shape index (κ3) is 3.12. The predicted octanol–water partition coefficient (Wildman–Crippen LogP) is 2.71. The Morgan fingerprint density at radius 1 is 0.958 bits per heavy atom. The van der Waals surface area contributed by atoms with Crippen molar-refractivity contribution >= 4 is 11.6 Å². The summed E-state index contributed by atoms with van der Waals surface area (Å²) in [7, 11) is 1.57. The minimum absolute atomic E-state index is 0.247. The van der Waals surface area contributed by atoms with E-state index in [9.17, 15) is 9.59 Å². The summed E-state index contributed by atoms with van der Waals surface area (Å²) < 4.78 is 7.75. The summed E-state index contributed by atoms with van der Waals surface area (Å²) >= 11 is 6.11. The van der Waals surface area contributed by atoms with Crippen LogP contribution in [0.1, 0.15) is 5.56 Å². The normalized spacial score (nSPS) is 10.6. The molecule has 24 heavy (non-hydrogen) atoms. The molecule has 0 aliphatic heterocycles. The molecule has 0 unspecified atom stereocenters. The maximum absolute atomic E-state index is 12.4. The highest BCUT2D eigenvalue weighted by atomic mass is 35.5. The molecule has 3 rings (SSSR count). The van der Waals surface area contributed by atoms with E-state index in [0.29, 0.717) is 16.5 Å². The second kappa shape index (κ2) is 6.76. The fraction of sp³-hybridized carbons (Fsp3) is 0.111. The molecule has 0 spiro atoms. The van der Waals surface area contributed by atoms with Gasteiger partial charge in [-0.2, -0.15) is 0 Å². The highest BCUT2D eigenvalue weighted by molar-refractivity contribution is 6.31. The van der Waals surface area contributed by atoms with Gasteiger partial charge in [0, 0.05) is 23.1 Å². The maximum Gasteiger partial charge on any atom is 0.320 e. The van der Waals surface area contributed by atoms with E-state index in [2.05, 4.69) is 0 Å². The average molecular weight is 343 g/mol. The van der Waals surface area contributed by atoms with Gasteiger partial charge >= 0.3 is 11.1 Å². The largest absolute Gasteiger partial charge is 0.497 e. The molecule has 3 aromatic rings. The van der Waals surface area contributed by atoms with Gasteiger partial charge in [0.2, 0.25) is 0 Å². The Labute approximate surface area is 143 Å². The predicted molar refractivity (Wildman–Crippen MR) is 93.4 cm³/mol. The first-order valence-electron chi connectivity index (χ1n) is 7.30. The topological polar surface area (TPSA) is 53.2 Å². The second-order valence-electron chi connectivity index (χ2n) is 5.20. The van der Waals surface area contributed by atoms with Crippen molar-refractivity contribution in [1.29, 1.82) is 0 Å². The first-order valence-corrected chi connectivity index (χ1v) is 7.68. The first kappa shape index (κ1) is 16.1. The highest BCUT2D eigenvalue weighted by Crippen LogP contribution is 2.16. The molecule has 122 valence electrons. The Kier molecular flexibility index (Phi) is 4.53. The van der Waals surface area contributed by atoms with Crippen LogP contribution in [-0.2, 0) is 6.54 Å². The van der Waals surface area contributed by atoms with Gasteiger partial charge in [0.05, 0.1) is 13.7 Å². The lowest BCUT2D eigenvalue weighted by Crippen LogP contribution is -2.40. The summed E-state index contributed by atoms with van der Waals surface area (Å²) in [4.78, 5) is 24.7. The van der Waals surface area contributed by atoms with Gasteiger partial charge in [0.25, 0.3) is 0 Å². The third-order valence-corrected chi connectivity index (χ3v) is 4.08. The molecular weight excluding hydrogens is 328 g/mol. The number of hydrogen-bond acceptors (Lipinski definition) is 3. The van der Waals surface area contributed by atoms with Crippen molar-refractivity contribution in [3.8, 4) is 11.4 Å². The van der Waals surface area contributed by atoms with Crippen LogP contribution in [0.4, 0.5) is 0 Å². The number of hydrogen-bond donors (Lipinski definition) is 0. The van der Waals surface area contributed by atoms with Gasteiger partial charge in [-0.05, 0) is 35.9 Å². The van der Waals surface area contributed by atoms with Crippen LogP contribution in [0.3, 0.4) is 0 Å². The van der Waals surface area contributed by atoms with E-state index < -0.39 is 11.1 Å². The number of nitrogens with zero attached hydrogens (tertiary/aromatic N) is 2. The molecule has 0 amide bonds. The minimum Gasteiger partial charge on any atom is -0.497 e.